The lowest BCUT2D eigenvalue weighted by molar-refractivity contribution is 0.409. The molecule has 0 spiro atoms. The molecule has 0 fully saturated rings. The van der Waals surface area contributed by atoms with E-state index in [1.165, 1.54) is 27.1 Å². The summed E-state index contributed by atoms with van der Waals surface area (Å²) in [6.07, 6.45) is 3.11. The van der Waals surface area contributed by atoms with E-state index in [1.807, 2.05) is 11.8 Å². The Bertz CT molecular complexity index is 684. The average Bonchev–Trinajstić information content (AvgIpc) is 2.51. The minimum Gasteiger partial charge on any atom is -0.125 e. The SMILES string of the molecule is C=CCC1c2ccc(C)cc2SCC1(C)c1ccc(C)cc1. The molecule has 0 saturated heterocycles. The van der Waals surface area contributed by atoms with Gasteiger partial charge >= 0.3 is 0 Å². The molecule has 2 atom stereocenters. The van der Waals surface area contributed by atoms with Crippen molar-refractivity contribution in [2.24, 2.45) is 0 Å². The zero-order valence-electron chi connectivity index (χ0n) is 13.7. The molecular formula is C21H24S. The molecule has 0 aliphatic carbocycles. The monoisotopic (exact) mass is 308 g/mol. The van der Waals surface area contributed by atoms with Gasteiger partial charge in [0.05, 0.1) is 0 Å². The van der Waals surface area contributed by atoms with Gasteiger partial charge in [0.15, 0.2) is 0 Å². The molecule has 0 radical (unpaired) electrons. The summed E-state index contributed by atoms with van der Waals surface area (Å²) in [5.74, 6) is 1.63. The summed E-state index contributed by atoms with van der Waals surface area (Å²) in [7, 11) is 0. The summed E-state index contributed by atoms with van der Waals surface area (Å²) in [5.41, 5.74) is 5.78. The lowest BCUT2D eigenvalue weighted by Gasteiger charge is -2.42. The quantitative estimate of drug-likeness (QED) is 0.624. The summed E-state index contributed by atoms with van der Waals surface area (Å²) < 4.78 is 0. The first kappa shape index (κ1) is 15.4. The van der Waals surface area contributed by atoms with Crippen molar-refractivity contribution in [3.05, 3.63) is 77.4 Å². The largest absolute Gasteiger partial charge is 0.125 e. The minimum atomic E-state index is 0.162. The Morgan fingerprint density at radius 3 is 2.50 bits per heavy atom. The van der Waals surface area contributed by atoms with E-state index in [1.54, 1.807) is 0 Å². The second-order valence-corrected chi connectivity index (χ2v) is 7.71. The average molecular weight is 308 g/mol. The third-order valence-corrected chi connectivity index (χ3v) is 6.36. The van der Waals surface area contributed by atoms with Crippen molar-refractivity contribution in [3.8, 4) is 0 Å². The van der Waals surface area contributed by atoms with Gasteiger partial charge in [-0.1, -0.05) is 60.5 Å². The summed E-state index contributed by atoms with van der Waals surface area (Å²) in [6.45, 7) is 10.8. The van der Waals surface area contributed by atoms with Crippen molar-refractivity contribution in [2.75, 3.05) is 5.75 Å². The van der Waals surface area contributed by atoms with Crippen molar-refractivity contribution in [3.63, 3.8) is 0 Å². The number of hydrogen-bond acceptors (Lipinski definition) is 1. The molecule has 0 N–H and O–H groups in total. The Kier molecular flexibility index (Phi) is 4.18. The van der Waals surface area contributed by atoms with Crippen LogP contribution in [0.5, 0.6) is 0 Å². The number of aryl methyl sites for hydroxylation is 2. The predicted molar refractivity (Wildman–Crippen MR) is 98.0 cm³/mol. The molecule has 0 amide bonds. The second kappa shape index (κ2) is 5.96. The normalized spacial score (nSPS) is 23.9. The van der Waals surface area contributed by atoms with Crippen molar-refractivity contribution >= 4 is 11.8 Å². The number of rotatable bonds is 3. The van der Waals surface area contributed by atoms with E-state index in [9.17, 15) is 0 Å². The maximum atomic E-state index is 4.01. The van der Waals surface area contributed by atoms with Crippen molar-refractivity contribution in [1.82, 2.24) is 0 Å². The van der Waals surface area contributed by atoms with Crippen LogP contribution < -0.4 is 0 Å². The van der Waals surface area contributed by atoms with E-state index >= 15 is 0 Å². The summed E-state index contributed by atoms with van der Waals surface area (Å²) in [4.78, 5) is 1.46. The standard InChI is InChI=1S/C21H24S/c1-5-6-19-18-12-9-16(3)13-20(18)22-14-21(19,4)17-10-7-15(2)8-11-17/h5,7-13,19H,1,6,14H2,2-4H3. The van der Waals surface area contributed by atoms with E-state index in [0.717, 1.165) is 12.2 Å². The van der Waals surface area contributed by atoms with E-state index < -0.39 is 0 Å². The number of thioether (sulfide) groups is 1. The Hall–Kier alpha value is -1.47. The van der Waals surface area contributed by atoms with Gasteiger partial charge in [-0.2, -0.15) is 0 Å². The smallest absolute Gasteiger partial charge is 0.0110 e. The number of hydrogen-bond donors (Lipinski definition) is 0. The molecule has 114 valence electrons. The van der Waals surface area contributed by atoms with Crippen LogP contribution >= 0.6 is 11.8 Å². The molecule has 0 aromatic heterocycles. The highest BCUT2D eigenvalue weighted by molar-refractivity contribution is 7.99. The van der Waals surface area contributed by atoms with Gasteiger partial charge < -0.3 is 0 Å². The fourth-order valence-corrected chi connectivity index (χ4v) is 4.97. The van der Waals surface area contributed by atoms with Crippen molar-refractivity contribution in [2.45, 2.75) is 43.4 Å². The highest BCUT2D eigenvalue weighted by Crippen LogP contribution is 2.51. The van der Waals surface area contributed by atoms with Gasteiger partial charge in [-0.3, -0.25) is 0 Å². The summed E-state index contributed by atoms with van der Waals surface area (Å²) in [6, 6.07) is 16.0. The highest BCUT2D eigenvalue weighted by atomic mass is 32.2. The molecule has 1 heterocycles. The van der Waals surface area contributed by atoms with E-state index in [4.69, 9.17) is 0 Å². The first-order valence-electron chi connectivity index (χ1n) is 7.96. The number of benzene rings is 2. The lowest BCUT2D eigenvalue weighted by atomic mass is 9.68. The predicted octanol–water partition coefficient (Wildman–Crippen LogP) is 6.03. The van der Waals surface area contributed by atoms with Crippen LogP contribution in [0.15, 0.2) is 60.0 Å². The summed E-state index contributed by atoms with van der Waals surface area (Å²) in [5, 5.41) is 0. The molecule has 0 saturated carbocycles. The van der Waals surface area contributed by atoms with Crippen LogP contribution in [-0.4, -0.2) is 5.75 Å². The second-order valence-electron chi connectivity index (χ2n) is 6.69. The topological polar surface area (TPSA) is 0 Å². The molecule has 1 aliphatic rings. The Morgan fingerprint density at radius 1 is 1.14 bits per heavy atom. The molecular weight excluding hydrogens is 284 g/mol. The van der Waals surface area contributed by atoms with Crippen LogP contribution in [0.3, 0.4) is 0 Å². The van der Waals surface area contributed by atoms with Crippen LogP contribution in [0.25, 0.3) is 0 Å². The van der Waals surface area contributed by atoms with Gasteiger partial charge in [-0.25, -0.2) is 0 Å². The van der Waals surface area contributed by atoms with E-state index in [0.29, 0.717) is 5.92 Å². The third kappa shape index (κ3) is 2.63. The molecule has 3 rings (SSSR count). The molecule has 2 aromatic carbocycles. The summed E-state index contributed by atoms with van der Waals surface area (Å²) >= 11 is 2.00. The van der Waals surface area contributed by atoms with Gasteiger partial charge in [0.25, 0.3) is 0 Å². The Balaban J connectivity index is 2.09. The minimum absolute atomic E-state index is 0.162. The van der Waals surface area contributed by atoms with Gasteiger partial charge in [-0.15, -0.1) is 18.3 Å². The van der Waals surface area contributed by atoms with Crippen LogP contribution in [0.2, 0.25) is 0 Å². The number of allylic oxidation sites excluding steroid dienone is 1. The van der Waals surface area contributed by atoms with Crippen LogP contribution in [0.1, 0.15) is 41.5 Å². The Labute approximate surface area is 138 Å². The molecule has 2 unspecified atom stereocenters. The van der Waals surface area contributed by atoms with Gasteiger partial charge in [0.2, 0.25) is 0 Å². The zero-order chi connectivity index (χ0) is 15.7. The van der Waals surface area contributed by atoms with Crippen LogP contribution in [0.4, 0.5) is 0 Å². The fourth-order valence-electron chi connectivity index (χ4n) is 3.50. The van der Waals surface area contributed by atoms with Gasteiger partial charge in [-0.05, 0) is 43.4 Å². The van der Waals surface area contributed by atoms with E-state index in [-0.39, 0.29) is 5.41 Å². The number of fused-ring (bicyclic) bond motifs is 1. The molecule has 1 heteroatoms. The molecule has 0 bridgehead atoms. The van der Waals surface area contributed by atoms with Gasteiger partial charge in [0.1, 0.15) is 0 Å². The first-order chi connectivity index (χ1) is 10.5. The zero-order valence-corrected chi connectivity index (χ0v) is 14.5. The fraction of sp³-hybridized carbons (Fsp3) is 0.333. The molecule has 2 aromatic rings. The molecule has 0 nitrogen and oxygen atoms in total. The molecule has 22 heavy (non-hydrogen) atoms. The van der Waals surface area contributed by atoms with Gasteiger partial charge in [0, 0.05) is 16.1 Å². The first-order valence-corrected chi connectivity index (χ1v) is 8.94. The van der Waals surface area contributed by atoms with Crippen LogP contribution in [-0.2, 0) is 5.41 Å². The maximum Gasteiger partial charge on any atom is 0.0110 e. The van der Waals surface area contributed by atoms with Crippen molar-refractivity contribution in [1.29, 1.82) is 0 Å². The van der Waals surface area contributed by atoms with Crippen molar-refractivity contribution < 1.29 is 0 Å². The third-order valence-electron chi connectivity index (χ3n) is 4.95. The molecule has 1 aliphatic heterocycles. The lowest BCUT2D eigenvalue weighted by Crippen LogP contribution is -2.36. The highest BCUT2D eigenvalue weighted by Gasteiger charge is 2.40. The van der Waals surface area contributed by atoms with E-state index in [2.05, 4.69) is 75.9 Å². The maximum absolute atomic E-state index is 4.01. The van der Waals surface area contributed by atoms with Crippen LogP contribution in [0, 0.1) is 13.8 Å². The Morgan fingerprint density at radius 2 is 1.82 bits per heavy atom.